The SMILES string of the molecule is C[C@H](NC(=O)OC(C)(C)C)C(=O)OC1(Nc2cc(-n3c4ccccc4c4c(-c5nc6ccc(F)cc6[nH]5)cccc43)ccc2C(N)=O)CCCCC1. The number of halogens is 1. The number of H-pyrrole nitrogens is 1. The monoisotopic (exact) mass is 704 g/mol. The number of esters is 1. The minimum absolute atomic E-state index is 0.237. The van der Waals surface area contributed by atoms with Crippen LogP contribution >= 0.6 is 0 Å². The molecule has 4 aromatic carbocycles. The standard InChI is InChI=1S/C40H41FN6O5/c1-23(43-38(50)52-39(2,3)4)37(49)51-40(19-8-5-9-20-40)46-30-22-25(16-17-26(30)35(42)48)47-32-13-7-6-11-27(32)34-28(12-10-14-33(34)47)36-44-29-18-15-24(41)21-31(29)45-36/h6-7,10-18,21-23,46H,5,8-9,19-20H2,1-4H3,(H2,42,48)(H,43,50)(H,44,45)/t23-/m0/s1. The fraction of sp³-hybridized carbons (Fsp3) is 0.300. The van der Waals surface area contributed by atoms with Crippen molar-refractivity contribution in [3.8, 4) is 17.1 Å². The Bertz CT molecular complexity index is 2350. The Morgan fingerprint density at radius 2 is 1.71 bits per heavy atom. The number of nitrogens with zero attached hydrogens (tertiary/aromatic N) is 2. The number of aromatic amines is 1. The molecule has 1 aliphatic carbocycles. The molecule has 268 valence electrons. The molecule has 1 saturated carbocycles. The van der Waals surface area contributed by atoms with Gasteiger partial charge in [-0.3, -0.25) is 4.79 Å². The highest BCUT2D eigenvalue weighted by molar-refractivity contribution is 6.15. The molecule has 0 unspecified atom stereocenters. The molecule has 1 fully saturated rings. The number of para-hydroxylation sites is 1. The fourth-order valence-corrected chi connectivity index (χ4v) is 7.04. The van der Waals surface area contributed by atoms with Crippen molar-refractivity contribution in [2.24, 2.45) is 5.73 Å². The summed E-state index contributed by atoms with van der Waals surface area (Å²) in [5.41, 5.74) is 9.28. The Kier molecular flexibility index (Phi) is 8.85. The lowest BCUT2D eigenvalue weighted by molar-refractivity contribution is -0.162. The molecule has 6 aromatic rings. The van der Waals surface area contributed by atoms with E-state index in [1.165, 1.54) is 12.1 Å². The van der Waals surface area contributed by atoms with Crippen LogP contribution in [0.15, 0.2) is 78.9 Å². The number of fused-ring (bicyclic) bond motifs is 4. The molecular formula is C40H41FN6O5. The lowest BCUT2D eigenvalue weighted by Crippen LogP contribution is -2.50. The van der Waals surface area contributed by atoms with Crippen molar-refractivity contribution in [1.82, 2.24) is 19.9 Å². The van der Waals surface area contributed by atoms with Crippen LogP contribution in [0.5, 0.6) is 0 Å². The van der Waals surface area contributed by atoms with Gasteiger partial charge >= 0.3 is 12.1 Å². The Morgan fingerprint density at radius 3 is 2.46 bits per heavy atom. The van der Waals surface area contributed by atoms with Crippen molar-refractivity contribution in [1.29, 1.82) is 0 Å². The van der Waals surface area contributed by atoms with Crippen LogP contribution in [0.25, 0.3) is 49.9 Å². The van der Waals surface area contributed by atoms with Crippen molar-refractivity contribution in [3.05, 3.63) is 90.2 Å². The van der Waals surface area contributed by atoms with E-state index in [2.05, 4.69) is 20.2 Å². The molecule has 11 nitrogen and oxygen atoms in total. The molecule has 1 atom stereocenters. The second kappa shape index (κ2) is 13.3. The highest BCUT2D eigenvalue weighted by Gasteiger charge is 2.38. The minimum Gasteiger partial charge on any atom is -0.444 e. The first-order valence-electron chi connectivity index (χ1n) is 17.4. The zero-order valence-corrected chi connectivity index (χ0v) is 29.5. The van der Waals surface area contributed by atoms with Crippen molar-refractivity contribution >= 4 is 56.5 Å². The second-order valence-corrected chi connectivity index (χ2v) is 14.4. The molecule has 2 aromatic heterocycles. The number of imidazole rings is 1. The third kappa shape index (κ3) is 6.75. The first kappa shape index (κ1) is 34.5. The van der Waals surface area contributed by atoms with E-state index >= 15 is 0 Å². The third-order valence-corrected chi connectivity index (χ3v) is 9.33. The Balaban J connectivity index is 1.29. The molecule has 0 bridgehead atoms. The molecule has 1 aliphatic rings. The van der Waals surface area contributed by atoms with E-state index in [9.17, 15) is 18.8 Å². The normalized spacial score (nSPS) is 15.0. The predicted molar refractivity (Wildman–Crippen MR) is 199 cm³/mol. The summed E-state index contributed by atoms with van der Waals surface area (Å²) in [5, 5.41) is 7.90. The number of aromatic nitrogens is 3. The number of alkyl carbamates (subject to hydrolysis) is 1. The van der Waals surface area contributed by atoms with Crippen molar-refractivity contribution in [2.45, 2.75) is 77.2 Å². The van der Waals surface area contributed by atoms with E-state index in [1.807, 2.05) is 54.6 Å². The molecule has 5 N–H and O–H groups in total. The van der Waals surface area contributed by atoms with Gasteiger partial charge in [0.2, 0.25) is 0 Å². The van der Waals surface area contributed by atoms with Gasteiger partial charge in [-0.05, 0) is 89.1 Å². The van der Waals surface area contributed by atoms with Gasteiger partial charge in [-0.25, -0.2) is 19.0 Å². The van der Waals surface area contributed by atoms with Gasteiger partial charge in [0.1, 0.15) is 23.3 Å². The van der Waals surface area contributed by atoms with Crippen LogP contribution < -0.4 is 16.4 Å². The number of primary amides is 1. The van der Waals surface area contributed by atoms with E-state index in [1.54, 1.807) is 39.8 Å². The number of carbonyl (C=O) groups excluding carboxylic acids is 3. The number of amides is 2. The molecule has 2 heterocycles. The van der Waals surface area contributed by atoms with E-state index in [0.717, 1.165) is 52.3 Å². The van der Waals surface area contributed by atoms with Crippen LogP contribution in [0.1, 0.15) is 70.2 Å². The average molecular weight is 705 g/mol. The van der Waals surface area contributed by atoms with E-state index in [4.69, 9.17) is 20.2 Å². The number of carbonyl (C=O) groups is 3. The molecule has 0 saturated heterocycles. The van der Waals surface area contributed by atoms with Crippen LogP contribution in [-0.4, -0.2) is 49.9 Å². The van der Waals surface area contributed by atoms with E-state index in [-0.39, 0.29) is 11.4 Å². The highest BCUT2D eigenvalue weighted by Crippen LogP contribution is 2.40. The van der Waals surface area contributed by atoms with Crippen LogP contribution in [0.4, 0.5) is 14.9 Å². The van der Waals surface area contributed by atoms with Gasteiger partial charge < -0.3 is 35.4 Å². The fourth-order valence-electron chi connectivity index (χ4n) is 7.04. The summed E-state index contributed by atoms with van der Waals surface area (Å²) in [4.78, 5) is 46.8. The van der Waals surface area contributed by atoms with Gasteiger partial charge in [0.05, 0.1) is 33.3 Å². The molecule has 0 radical (unpaired) electrons. The summed E-state index contributed by atoms with van der Waals surface area (Å²) in [7, 11) is 0. The highest BCUT2D eigenvalue weighted by atomic mass is 19.1. The summed E-state index contributed by atoms with van der Waals surface area (Å²) >= 11 is 0. The summed E-state index contributed by atoms with van der Waals surface area (Å²) in [6.45, 7) is 6.76. The topological polar surface area (TPSA) is 153 Å². The number of benzene rings is 4. The maximum atomic E-state index is 14.0. The molecule has 2 amide bonds. The van der Waals surface area contributed by atoms with Crippen LogP contribution in [0.3, 0.4) is 0 Å². The number of rotatable bonds is 8. The van der Waals surface area contributed by atoms with Crippen LogP contribution in [-0.2, 0) is 14.3 Å². The summed E-state index contributed by atoms with van der Waals surface area (Å²) < 4.78 is 27.6. The maximum Gasteiger partial charge on any atom is 0.408 e. The lowest BCUT2D eigenvalue weighted by atomic mass is 9.90. The van der Waals surface area contributed by atoms with E-state index < -0.39 is 35.3 Å². The number of hydrogen-bond acceptors (Lipinski definition) is 7. The second-order valence-electron chi connectivity index (χ2n) is 14.4. The number of hydrogen-bond donors (Lipinski definition) is 4. The summed E-state index contributed by atoms with van der Waals surface area (Å²) in [6.07, 6.45) is 2.77. The van der Waals surface area contributed by atoms with E-state index in [0.29, 0.717) is 35.4 Å². The molecule has 52 heavy (non-hydrogen) atoms. The zero-order chi connectivity index (χ0) is 36.8. The third-order valence-electron chi connectivity index (χ3n) is 9.33. The molecule has 12 heteroatoms. The van der Waals surface area contributed by atoms with Gasteiger partial charge in [0, 0.05) is 34.9 Å². The first-order valence-corrected chi connectivity index (χ1v) is 17.4. The van der Waals surface area contributed by atoms with Crippen LogP contribution in [0.2, 0.25) is 0 Å². The Morgan fingerprint density at radius 1 is 0.962 bits per heavy atom. The molecule has 7 rings (SSSR count). The lowest BCUT2D eigenvalue weighted by Gasteiger charge is -2.39. The number of nitrogens with one attached hydrogen (secondary N) is 3. The quantitative estimate of drug-likeness (QED) is 0.0923. The zero-order valence-electron chi connectivity index (χ0n) is 29.5. The maximum absolute atomic E-state index is 14.0. The molecule has 0 aliphatic heterocycles. The van der Waals surface area contributed by atoms with Crippen molar-refractivity contribution < 1.29 is 28.2 Å². The predicted octanol–water partition coefficient (Wildman–Crippen LogP) is 8.09. The summed E-state index contributed by atoms with van der Waals surface area (Å²) in [6, 6.07) is 22.8. The Hall–Kier alpha value is -5.91. The van der Waals surface area contributed by atoms with Gasteiger partial charge in [0.15, 0.2) is 5.72 Å². The van der Waals surface area contributed by atoms with Gasteiger partial charge in [0.25, 0.3) is 5.91 Å². The summed E-state index contributed by atoms with van der Waals surface area (Å²) in [5.74, 6) is -1.02. The number of ether oxygens (including phenoxy) is 2. The van der Waals surface area contributed by atoms with Crippen molar-refractivity contribution in [3.63, 3.8) is 0 Å². The first-order chi connectivity index (χ1) is 24.8. The van der Waals surface area contributed by atoms with Crippen molar-refractivity contribution in [2.75, 3.05) is 5.32 Å². The average Bonchev–Trinajstić information content (AvgIpc) is 3.66. The molecule has 0 spiro atoms. The largest absolute Gasteiger partial charge is 0.444 e. The number of anilines is 1. The smallest absolute Gasteiger partial charge is 0.408 e. The van der Waals surface area contributed by atoms with Crippen LogP contribution in [0, 0.1) is 5.82 Å². The van der Waals surface area contributed by atoms with Gasteiger partial charge in [-0.1, -0.05) is 36.8 Å². The minimum atomic E-state index is -1.16. The van der Waals surface area contributed by atoms with Gasteiger partial charge in [-0.15, -0.1) is 0 Å². The molecular weight excluding hydrogens is 663 g/mol. The number of nitrogens with two attached hydrogens (primary N) is 1. The van der Waals surface area contributed by atoms with Gasteiger partial charge in [-0.2, -0.15) is 0 Å². The Labute approximate surface area is 299 Å².